The lowest BCUT2D eigenvalue weighted by Crippen LogP contribution is -2.15. The number of hydrogen-bond acceptors (Lipinski definition) is 3. The molecule has 0 atom stereocenters. The van der Waals surface area contributed by atoms with Gasteiger partial charge in [-0.05, 0) is 61.4 Å². The zero-order valence-electron chi connectivity index (χ0n) is 13.2. The molecule has 0 spiro atoms. The van der Waals surface area contributed by atoms with Gasteiger partial charge in [-0.15, -0.1) is 0 Å². The fourth-order valence-electron chi connectivity index (χ4n) is 2.21. The summed E-state index contributed by atoms with van der Waals surface area (Å²) >= 11 is 0. The molecule has 24 heavy (non-hydrogen) atoms. The van der Waals surface area contributed by atoms with Crippen LogP contribution in [0.4, 0.5) is 18.9 Å². The van der Waals surface area contributed by atoms with Crippen molar-refractivity contribution in [3.05, 3.63) is 53.1 Å². The fourth-order valence-corrected chi connectivity index (χ4v) is 3.58. The van der Waals surface area contributed by atoms with Crippen LogP contribution in [-0.2, 0) is 16.2 Å². The molecule has 0 heterocycles. The quantitative estimate of drug-likeness (QED) is 0.893. The highest BCUT2D eigenvalue weighted by Crippen LogP contribution is 2.31. The zero-order chi connectivity index (χ0) is 18.1. The molecule has 0 saturated heterocycles. The Morgan fingerprint density at radius 1 is 1.00 bits per heavy atom. The Bertz CT molecular complexity index is 844. The van der Waals surface area contributed by atoms with Gasteiger partial charge in [-0.1, -0.05) is 0 Å². The number of aryl methyl sites for hydroxylation is 2. The summed E-state index contributed by atoms with van der Waals surface area (Å²) in [6, 6.07) is 6.85. The van der Waals surface area contributed by atoms with E-state index in [-0.39, 0.29) is 10.6 Å². The number of rotatable bonds is 4. The van der Waals surface area contributed by atoms with E-state index in [1.807, 2.05) is 0 Å². The Morgan fingerprint density at radius 3 is 2.08 bits per heavy atom. The van der Waals surface area contributed by atoms with Gasteiger partial charge < -0.3 is 4.74 Å². The average molecular weight is 359 g/mol. The molecular weight excluding hydrogens is 343 g/mol. The van der Waals surface area contributed by atoms with Crippen molar-refractivity contribution in [1.29, 1.82) is 0 Å². The molecule has 0 aliphatic rings. The van der Waals surface area contributed by atoms with E-state index in [2.05, 4.69) is 4.72 Å². The molecule has 0 aliphatic heterocycles. The summed E-state index contributed by atoms with van der Waals surface area (Å²) in [5.74, 6) is 0.556. The largest absolute Gasteiger partial charge is 0.496 e. The zero-order valence-corrected chi connectivity index (χ0v) is 14.0. The molecule has 130 valence electrons. The number of nitrogens with one attached hydrogen (secondary N) is 1. The summed E-state index contributed by atoms with van der Waals surface area (Å²) in [5.41, 5.74) is 0.311. The minimum atomic E-state index is -4.47. The molecule has 2 rings (SSSR count). The van der Waals surface area contributed by atoms with Gasteiger partial charge in [0, 0.05) is 5.69 Å². The molecule has 0 fully saturated rings. The SMILES string of the molecule is COc1cc(C)c(S(=O)(=O)Nc2ccc(C(F)(F)F)cc2)cc1C. The monoisotopic (exact) mass is 359 g/mol. The van der Waals surface area contributed by atoms with Gasteiger partial charge in [-0.2, -0.15) is 13.2 Å². The lowest BCUT2D eigenvalue weighted by Gasteiger charge is -2.14. The van der Waals surface area contributed by atoms with Crippen molar-refractivity contribution in [2.24, 2.45) is 0 Å². The highest BCUT2D eigenvalue weighted by Gasteiger charge is 2.30. The van der Waals surface area contributed by atoms with Crippen molar-refractivity contribution in [3.63, 3.8) is 0 Å². The second-order valence-electron chi connectivity index (χ2n) is 5.27. The molecule has 0 saturated carbocycles. The maximum Gasteiger partial charge on any atom is 0.416 e. The Labute approximate surface area is 138 Å². The normalized spacial score (nSPS) is 12.1. The second-order valence-corrected chi connectivity index (χ2v) is 6.92. The van der Waals surface area contributed by atoms with Crippen LogP contribution < -0.4 is 9.46 Å². The van der Waals surface area contributed by atoms with Gasteiger partial charge >= 0.3 is 6.18 Å². The highest BCUT2D eigenvalue weighted by atomic mass is 32.2. The van der Waals surface area contributed by atoms with Crippen LogP contribution in [0.3, 0.4) is 0 Å². The first-order valence-electron chi connectivity index (χ1n) is 6.90. The van der Waals surface area contributed by atoms with Crippen molar-refractivity contribution >= 4 is 15.7 Å². The summed E-state index contributed by atoms with van der Waals surface area (Å²) in [6.07, 6.45) is -4.47. The van der Waals surface area contributed by atoms with Crippen LogP contribution >= 0.6 is 0 Å². The van der Waals surface area contributed by atoms with Gasteiger partial charge in [-0.25, -0.2) is 8.42 Å². The smallest absolute Gasteiger partial charge is 0.416 e. The Balaban J connectivity index is 2.34. The topological polar surface area (TPSA) is 55.4 Å². The molecule has 2 aromatic rings. The van der Waals surface area contributed by atoms with Gasteiger partial charge in [0.1, 0.15) is 5.75 Å². The Morgan fingerprint density at radius 2 is 1.58 bits per heavy atom. The van der Waals surface area contributed by atoms with Gasteiger partial charge in [-0.3, -0.25) is 4.72 Å². The van der Waals surface area contributed by atoms with Crippen LogP contribution in [-0.4, -0.2) is 15.5 Å². The van der Waals surface area contributed by atoms with Crippen LogP contribution in [0.1, 0.15) is 16.7 Å². The Kier molecular flexibility index (Phi) is 4.80. The van der Waals surface area contributed by atoms with E-state index in [0.29, 0.717) is 16.9 Å². The molecule has 2 aromatic carbocycles. The molecule has 0 aliphatic carbocycles. The van der Waals surface area contributed by atoms with E-state index in [1.54, 1.807) is 19.9 Å². The van der Waals surface area contributed by atoms with Crippen molar-refractivity contribution in [2.45, 2.75) is 24.9 Å². The van der Waals surface area contributed by atoms with Crippen LogP contribution in [0.25, 0.3) is 0 Å². The first-order chi connectivity index (χ1) is 11.0. The van der Waals surface area contributed by atoms with Crippen molar-refractivity contribution in [2.75, 3.05) is 11.8 Å². The molecular formula is C16H16F3NO3S. The summed E-state index contributed by atoms with van der Waals surface area (Å²) in [5, 5.41) is 0. The van der Waals surface area contributed by atoms with E-state index in [1.165, 1.54) is 13.2 Å². The number of anilines is 1. The maximum absolute atomic E-state index is 12.5. The predicted octanol–water partition coefficient (Wildman–Crippen LogP) is 4.13. The second kappa shape index (κ2) is 6.35. The lowest BCUT2D eigenvalue weighted by atomic mass is 10.1. The standard InChI is InChI=1S/C16H16F3NO3S/c1-10-9-15(11(2)8-14(10)23-3)24(21,22)20-13-6-4-12(5-7-13)16(17,18)19/h4-9,20H,1-3H3. The van der Waals surface area contributed by atoms with Gasteiger partial charge in [0.05, 0.1) is 17.6 Å². The van der Waals surface area contributed by atoms with Crippen LogP contribution in [0.5, 0.6) is 5.75 Å². The maximum atomic E-state index is 12.5. The third kappa shape index (κ3) is 3.81. The van der Waals surface area contributed by atoms with E-state index in [4.69, 9.17) is 4.74 Å². The average Bonchev–Trinajstić information content (AvgIpc) is 2.48. The number of halogens is 3. The van der Waals surface area contributed by atoms with Crippen molar-refractivity contribution in [1.82, 2.24) is 0 Å². The summed E-state index contributed by atoms with van der Waals surface area (Å²) in [4.78, 5) is 0.0423. The number of methoxy groups -OCH3 is 1. The molecule has 0 amide bonds. The van der Waals surface area contributed by atoms with Gasteiger partial charge in [0.2, 0.25) is 0 Å². The van der Waals surface area contributed by atoms with Crippen LogP contribution in [0.2, 0.25) is 0 Å². The third-order valence-electron chi connectivity index (χ3n) is 3.45. The first-order valence-corrected chi connectivity index (χ1v) is 8.38. The molecule has 0 unspecified atom stereocenters. The molecule has 0 aromatic heterocycles. The van der Waals surface area contributed by atoms with Crippen LogP contribution in [0.15, 0.2) is 41.3 Å². The number of alkyl halides is 3. The Hall–Kier alpha value is -2.22. The van der Waals surface area contributed by atoms with Crippen LogP contribution in [0, 0.1) is 13.8 Å². The van der Waals surface area contributed by atoms with Gasteiger partial charge in [0.15, 0.2) is 0 Å². The number of hydrogen-bond donors (Lipinski definition) is 1. The molecule has 0 radical (unpaired) electrons. The summed E-state index contributed by atoms with van der Waals surface area (Å²) in [6.45, 7) is 3.32. The predicted molar refractivity (Wildman–Crippen MR) is 84.7 cm³/mol. The van der Waals surface area contributed by atoms with E-state index >= 15 is 0 Å². The van der Waals surface area contributed by atoms with E-state index in [0.717, 1.165) is 24.3 Å². The van der Waals surface area contributed by atoms with Gasteiger partial charge in [0.25, 0.3) is 10.0 Å². The lowest BCUT2D eigenvalue weighted by molar-refractivity contribution is -0.137. The fraction of sp³-hybridized carbons (Fsp3) is 0.250. The molecule has 1 N–H and O–H groups in total. The molecule has 4 nitrogen and oxygen atoms in total. The van der Waals surface area contributed by atoms with Crippen molar-refractivity contribution in [3.8, 4) is 5.75 Å². The minimum Gasteiger partial charge on any atom is -0.496 e. The minimum absolute atomic E-state index is 0.0423. The number of benzene rings is 2. The number of ether oxygens (including phenoxy) is 1. The van der Waals surface area contributed by atoms with Crippen molar-refractivity contribution < 1.29 is 26.3 Å². The molecule has 8 heteroatoms. The third-order valence-corrected chi connectivity index (χ3v) is 4.97. The summed E-state index contributed by atoms with van der Waals surface area (Å²) in [7, 11) is -2.44. The van der Waals surface area contributed by atoms with E-state index < -0.39 is 21.8 Å². The number of sulfonamides is 1. The first kappa shape index (κ1) is 18.1. The summed E-state index contributed by atoms with van der Waals surface area (Å²) < 4.78 is 70.0. The molecule has 0 bridgehead atoms. The van der Waals surface area contributed by atoms with E-state index in [9.17, 15) is 21.6 Å². The highest BCUT2D eigenvalue weighted by molar-refractivity contribution is 7.92.